The van der Waals surface area contributed by atoms with Crippen molar-refractivity contribution in [3.05, 3.63) is 48.8 Å². The summed E-state index contributed by atoms with van der Waals surface area (Å²) in [5.41, 5.74) is 5.36. The number of carbonyl (C=O) groups excluding carboxylic acids is 1. The van der Waals surface area contributed by atoms with Gasteiger partial charge in [-0.25, -0.2) is 4.57 Å². The summed E-state index contributed by atoms with van der Waals surface area (Å²) >= 11 is 0. The second-order valence-corrected chi connectivity index (χ2v) is 15.8. The molecule has 3 N–H and O–H groups in total. The normalized spacial score (nSPS) is 17.7. The highest BCUT2D eigenvalue weighted by molar-refractivity contribution is 7.47. The van der Waals surface area contributed by atoms with Crippen molar-refractivity contribution in [1.82, 2.24) is 0 Å². The molecule has 53 heavy (non-hydrogen) atoms. The SMILES string of the molecule is CCCCC/C=C\C/C=C\CC1OC1C/C=C\CCCC(=O)OC[C@H](COP(=O)(O)OCCN)O/C=C/CCCCCCCCCCCCCCCC. The lowest BCUT2D eigenvalue weighted by Gasteiger charge is -2.19. The number of esters is 1. The number of phosphoric acid groups is 1. The van der Waals surface area contributed by atoms with E-state index < -0.39 is 13.9 Å². The van der Waals surface area contributed by atoms with E-state index >= 15 is 0 Å². The Morgan fingerprint density at radius 1 is 0.679 bits per heavy atom. The van der Waals surface area contributed by atoms with E-state index in [1.807, 2.05) is 6.08 Å². The summed E-state index contributed by atoms with van der Waals surface area (Å²) in [6.45, 7) is 4.11. The van der Waals surface area contributed by atoms with Crippen molar-refractivity contribution in [2.45, 2.75) is 193 Å². The van der Waals surface area contributed by atoms with Gasteiger partial charge in [0.15, 0.2) is 6.10 Å². The Labute approximate surface area is 324 Å². The number of unbranched alkanes of at least 4 members (excludes halogenated alkanes) is 18. The van der Waals surface area contributed by atoms with Crippen LogP contribution in [0, 0.1) is 0 Å². The minimum Gasteiger partial charge on any atom is -0.492 e. The minimum atomic E-state index is -4.28. The molecule has 0 aromatic rings. The van der Waals surface area contributed by atoms with Crippen molar-refractivity contribution < 1.29 is 37.5 Å². The van der Waals surface area contributed by atoms with Crippen molar-refractivity contribution in [2.24, 2.45) is 5.73 Å². The molecule has 0 amide bonds. The highest BCUT2D eigenvalue weighted by atomic mass is 31.2. The molecule has 4 atom stereocenters. The van der Waals surface area contributed by atoms with Crippen LogP contribution < -0.4 is 5.73 Å². The zero-order valence-corrected chi connectivity index (χ0v) is 34.6. The summed E-state index contributed by atoms with van der Waals surface area (Å²) < 4.78 is 38.9. The summed E-state index contributed by atoms with van der Waals surface area (Å²) in [5.74, 6) is -0.349. The van der Waals surface area contributed by atoms with E-state index in [0.29, 0.717) is 12.5 Å². The Hall–Kier alpha value is -1.74. The van der Waals surface area contributed by atoms with Crippen molar-refractivity contribution in [3.63, 3.8) is 0 Å². The number of phosphoric ester groups is 1. The number of allylic oxidation sites excluding steroid dienone is 5. The third-order valence-electron chi connectivity index (χ3n) is 9.24. The molecular formula is C43H78NO8P. The van der Waals surface area contributed by atoms with Gasteiger partial charge in [-0.2, -0.15) is 0 Å². The highest BCUT2D eigenvalue weighted by Crippen LogP contribution is 2.43. The second kappa shape index (κ2) is 35.9. The van der Waals surface area contributed by atoms with E-state index in [1.54, 1.807) is 6.26 Å². The van der Waals surface area contributed by atoms with E-state index in [0.717, 1.165) is 38.5 Å². The molecular weight excluding hydrogens is 689 g/mol. The Morgan fingerprint density at radius 2 is 1.19 bits per heavy atom. The summed E-state index contributed by atoms with van der Waals surface area (Å²) in [6.07, 6.45) is 45.4. The third kappa shape index (κ3) is 33.3. The summed E-state index contributed by atoms with van der Waals surface area (Å²) in [7, 11) is -4.28. The van der Waals surface area contributed by atoms with Crippen molar-refractivity contribution in [3.8, 4) is 0 Å². The monoisotopic (exact) mass is 768 g/mol. The van der Waals surface area contributed by atoms with Crippen LogP contribution in [0.3, 0.4) is 0 Å². The molecule has 1 heterocycles. The van der Waals surface area contributed by atoms with E-state index in [9.17, 15) is 14.3 Å². The van der Waals surface area contributed by atoms with Gasteiger partial charge in [-0.15, -0.1) is 0 Å². The molecule has 0 radical (unpaired) electrons. The first-order chi connectivity index (χ1) is 25.9. The quantitative estimate of drug-likeness (QED) is 0.0157. The van der Waals surface area contributed by atoms with Crippen molar-refractivity contribution in [1.29, 1.82) is 0 Å². The van der Waals surface area contributed by atoms with Crippen LogP contribution in [0.1, 0.15) is 174 Å². The van der Waals surface area contributed by atoms with Crippen LogP contribution in [0.5, 0.6) is 0 Å². The predicted molar refractivity (Wildman–Crippen MR) is 219 cm³/mol. The van der Waals surface area contributed by atoms with Crippen LogP contribution in [0.4, 0.5) is 0 Å². The Morgan fingerprint density at radius 3 is 1.83 bits per heavy atom. The Balaban J connectivity index is 2.20. The van der Waals surface area contributed by atoms with Gasteiger partial charge in [0, 0.05) is 13.0 Å². The maximum atomic E-state index is 12.4. The fourth-order valence-electron chi connectivity index (χ4n) is 5.90. The van der Waals surface area contributed by atoms with Gasteiger partial charge in [0.05, 0.1) is 31.7 Å². The number of carbonyl (C=O) groups is 1. The van der Waals surface area contributed by atoms with E-state index in [-0.39, 0.29) is 44.9 Å². The average molecular weight is 768 g/mol. The van der Waals surface area contributed by atoms with E-state index in [4.69, 9.17) is 29.0 Å². The predicted octanol–water partition coefficient (Wildman–Crippen LogP) is 11.7. The van der Waals surface area contributed by atoms with Gasteiger partial charge in [0.25, 0.3) is 0 Å². The first kappa shape index (κ1) is 49.3. The summed E-state index contributed by atoms with van der Waals surface area (Å²) in [4.78, 5) is 22.3. The first-order valence-electron chi connectivity index (χ1n) is 21.3. The second-order valence-electron chi connectivity index (χ2n) is 14.3. The maximum Gasteiger partial charge on any atom is 0.472 e. The molecule has 1 aliphatic rings. The fourth-order valence-corrected chi connectivity index (χ4v) is 6.66. The molecule has 1 aliphatic heterocycles. The molecule has 0 aromatic heterocycles. The van der Waals surface area contributed by atoms with Crippen LogP contribution in [0.25, 0.3) is 0 Å². The molecule has 0 spiro atoms. The molecule has 10 heteroatoms. The number of epoxide rings is 1. The summed E-state index contributed by atoms with van der Waals surface area (Å²) in [5, 5.41) is 0. The van der Waals surface area contributed by atoms with Gasteiger partial charge in [-0.05, 0) is 63.9 Å². The average Bonchev–Trinajstić information content (AvgIpc) is 3.91. The van der Waals surface area contributed by atoms with Crippen LogP contribution in [0.2, 0.25) is 0 Å². The van der Waals surface area contributed by atoms with Gasteiger partial charge < -0.3 is 24.8 Å². The van der Waals surface area contributed by atoms with Crippen LogP contribution in [-0.4, -0.2) is 55.5 Å². The standard InChI is InChI=1S/C43H78NO8P/c1-3-5-7-9-11-13-14-15-16-17-18-19-21-23-27-31-36-48-40(39-51-53(46,47)50-37-35-44)38-49-43(45)34-30-26-25-29-33-42-41(52-42)32-28-24-22-20-12-10-8-6-4-2/h12,20,24-25,28-29,31,36,40-42H,3-11,13-19,21-23,26-27,30,32-35,37-39,44H2,1-2H3,(H,46,47)/b20-12-,28-24-,29-25-,36-31+/t40-,41?,42?/m1/s1. The topological polar surface area (TPSA) is 130 Å². The fraction of sp³-hybridized carbons (Fsp3) is 0.791. The summed E-state index contributed by atoms with van der Waals surface area (Å²) in [6, 6.07) is 0. The molecule has 0 aliphatic carbocycles. The maximum absolute atomic E-state index is 12.4. The molecule has 1 fully saturated rings. The van der Waals surface area contributed by atoms with Crippen LogP contribution in [0.15, 0.2) is 48.8 Å². The lowest BCUT2D eigenvalue weighted by atomic mass is 10.0. The molecule has 3 unspecified atom stereocenters. The van der Waals surface area contributed by atoms with Crippen molar-refractivity contribution >= 4 is 13.8 Å². The van der Waals surface area contributed by atoms with Crippen molar-refractivity contribution in [2.75, 3.05) is 26.4 Å². The zero-order chi connectivity index (χ0) is 38.5. The third-order valence-corrected chi connectivity index (χ3v) is 10.2. The molecule has 1 saturated heterocycles. The molecule has 9 nitrogen and oxygen atoms in total. The van der Waals surface area contributed by atoms with Gasteiger partial charge >= 0.3 is 13.8 Å². The lowest BCUT2D eigenvalue weighted by Crippen LogP contribution is -2.25. The number of hydrogen-bond donors (Lipinski definition) is 2. The smallest absolute Gasteiger partial charge is 0.472 e. The number of rotatable bonds is 39. The number of nitrogens with two attached hydrogens (primary N) is 1. The zero-order valence-electron chi connectivity index (χ0n) is 33.7. The molecule has 308 valence electrons. The van der Waals surface area contributed by atoms with E-state index in [1.165, 1.54) is 109 Å². The molecule has 0 aromatic carbocycles. The minimum absolute atomic E-state index is 0.0900. The largest absolute Gasteiger partial charge is 0.492 e. The highest BCUT2D eigenvalue weighted by Gasteiger charge is 2.36. The van der Waals surface area contributed by atoms with Gasteiger partial charge in [-0.1, -0.05) is 147 Å². The van der Waals surface area contributed by atoms with Crippen LogP contribution >= 0.6 is 7.82 Å². The molecule has 0 bridgehead atoms. The molecule has 1 rings (SSSR count). The van der Waals surface area contributed by atoms with Crippen LogP contribution in [-0.2, 0) is 32.6 Å². The Bertz CT molecular complexity index is 1020. The van der Waals surface area contributed by atoms with E-state index in [2.05, 4.69) is 50.3 Å². The number of ether oxygens (including phenoxy) is 3. The number of hydrogen-bond acceptors (Lipinski definition) is 8. The molecule has 0 saturated carbocycles. The van der Waals surface area contributed by atoms with Gasteiger partial charge in [0.1, 0.15) is 6.61 Å². The lowest BCUT2D eigenvalue weighted by molar-refractivity contribution is -0.147. The first-order valence-corrected chi connectivity index (χ1v) is 22.8. The van der Waals surface area contributed by atoms with Gasteiger partial charge in [-0.3, -0.25) is 13.8 Å². The van der Waals surface area contributed by atoms with Gasteiger partial charge in [0.2, 0.25) is 0 Å². The Kier molecular flexibility index (Phi) is 33.4.